The number of rotatable bonds is 6. The van der Waals surface area contributed by atoms with E-state index >= 15 is 0 Å². The summed E-state index contributed by atoms with van der Waals surface area (Å²) < 4.78 is 5.05. The van der Waals surface area contributed by atoms with Gasteiger partial charge in [-0.3, -0.25) is 14.4 Å². The summed E-state index contributed by atoms with van der Waals surface area (Å²) in [5, 5.41) is 23.0. The van der Waals surface area contributed by atoms with Crippen LogP contribution in [-0.2, 0) is 23.9 Å². The van der Waals surface area contributed by atoms with Crippen molar-refractivity contribution in [2.24, 2.45) is 35.0 Å². The van der Waals surface area contributed by atoms with Crippen molar-refractivity contribution in [3.05, 3.63) is 23.8 Å². The second-order valence-corrected chi connectivity index (χ2v) is 10.3. The molecule has 3 fully saturated rings. The molecule has 4 aliphatic carbocycles. The van der Waals surface area contributed by atoms with Crippen LogP contribution in [0.4, 0.5) is 0 Å². The molecule has 4 aliphatic rings. The van der Waals surface area contributed by atoms with Crippen LogP contribution < -0.4 is 0 Å². The molecular weight excluding hydrogens is 412 g/mol. The van der Waals surface area contributed by atoms with Gasteiger partial charge >= 0.3 is 5.97 Å². The van der Waals surface area contributed by atoms with Crippen molar-refractivity contribution >= 4 is 23.8 Å². The van der Waals surface area contributed by atoms with E-state index in [4.69, 9.17) is 4.74 Å². The molecule has 0 aromatic carbocycles. The molecule has 174 valence electrons. The van der Waals surface area contributed by atoms with E-state index < -0.39 is 35.6 Å². The van der Waals surface area contributed by atoms with Gasteiger partial charge in [-0.1, -0.05) is 25.5 Å². The number of carbonyl (C=O) groups excluding carboxylic acids is 4. The summed E-state index contributed by atoms with van der Waals surface area (Å²) in [4.78, 5) is 47.1. The van der Waals surface area contributed by atoms with Crippen LogP contribution in [0.1, 0.15) is 52.4 Å². The van der Waals surface area contributed by atoms with Crippen LogP contribution in [0.25, 0.3) is 0 Å². The summed E-state index contributed by atoms with van der Waals surface area (Å²) in [7, 11) is 0. The number of hydrogen-bond acceptors (Lipinski definition) is 7. The van der Waals surface area contributed by atoms with E-state index in [0.29, 0.717) is 12.7 Å². The van der Waals surface area contributed by atoms with Gasteiger partial charge in [0.2, 0.25) is 0 Å². The van der Waals surface area contributed by atoms with Crippen LogP contribution in [-0.4, -0.2) is 52.3 Å². The van der Waals surface area contributed by atoms with E-state index in [1.54, 1.807) is 12.2 Å². The second kappa shape index (κ2) is 8.34. The van der Waals surface area contributed by atoms with Gasteiger partial charge in [0.05, 0.1) is 24.0 Å². The molecule has 7 nitrogen and oxygen atoms in total. The topological polar surface area (TPSA) is 118 Å². The van der Waals surface area contributed by atoms with E-state index in [1.165, 1.54) is 0 Å². The molecule has 0 aromatic rings. The third kappa shape index (κ3) is 3.59. The summed E-state index contributed by atoms with van der Waals surface area (Å²) in [6.45, 7) is 3.57. The van der Waals surface area contributed by atoms with Crippen molar-refractivity contribution in [1.82, 2.24) is 0 Å². The zero-order valence-corrected chi connectivity index (χ0v) is 18.7. The van der Waals surface area contributed by atoms with Crippen molar-refractivity contribution in [2.45, 2.75) is 64.1 Å². The zero-order chi connectivity index (χ0) is 23.3. The number of allylic oxidation sites excluding steroid dienone is 4. The minimum absolute atomic E-state index is 0.0270. The lowest BCUT2D eigenvalue weighted by Gasteiger charge is -2.57. The fraction of sp³-hybridized carbons (Fsp3) is 0.680. The third-order valence-corrected chi connectivity index (χ3v) is 8.53. The fourth-order valence-corrected chi connectivity index (χ4v) is 7.32. The van der Waals surface area contributed by atoms with Gasteiger partial charge in [-0.15, -0.1) is 0 Å². The molecule has 2 N–H and O–H groups in total. The predicted octanol–water partition coefficient (Wildman–Crippen LogP) is 1.94. The van der Waals surface area contributed by atoms with E-state index in [2.05, 4.69) is 6.92 Å². The Hall–Kier alpha value is -2.12. The first-order chi connectivity index (χ1) is 15.1. The van der Waals surface area contributed by atoms with Crippen molar-refractivity contribution in [1.29, 1.82) is 0 Å². The molecule has 4 rings (SSSR count). The lowest BCUT2D eigenvalue weighted by atomic mass is 9.49. The number of carbonyl (C=O) groups is 4. The van der Waals surface area contributed by atoms with Gasteiger partial charge in [-0.05, 0) is 49.2 Å². The molecule has 0 saturated heterocycles. The Balaban J connectivity index is 1.55. The average molecular weight is 445 g/mol. The van der Waals surface area contributed by atoms with Gasteiger partial charge in [0.15, 0.2) is 11.6 Å². The molecule has 0 heterocycles. The average Bonchev–Trinajstić information content (AvgIpc) is 3.00. The lowest BCUT2D eigenvalue weighted by molar-refractivity contribution is -0.177. The van der Waals surface area contributed by atoms with Crippen molar-refractivity contribution in [3.63, 3.8) is 0 Å². The van der Waals surface area contributed by atoms with Crippen molar-refractivity contribution < 1.29 is 34.1 Å². The van der Waals surface area contributed by atoms with E-state index in [0.717, 1.165) is 18.4 Å². The quantitative estimate of drug-likeness (QED) is 0.475. The maximum absolute atomic E-state index is 13.0. The Morgan fingerprint density at radius 1 is 1.34 bits per heavy atom. The van der Waals surface area contributed by atoms with E-state index in [9.17, 15) is 29.4 Å². The van der Waals surface area contributed by atoms with Crippen LogP contribution >= 0.6 is 0 Å². The van der Waals surface area contributed by atoms with Crippen LogP contribution in [0.2, 0.25) is 0 Å². The predicted molar refractivity (Wildman–Crippen MR) is 114 cm³/mol. The fourth-order valence-electron chi connectivity index (χ4n) is 7.32. The largest absolute Gasteiger partial charge is 0.458 e. The normalized spacial score (nSPS) is 42.4. The summed E-state index contributed by atoms with van der Waals surface area (Å²) >= 11 is 0. The molecule has 0 amide bonds. The first-order valence-corrected chi connectivity index (χ1v) is 11.6. The summed E-state index contributed by atoms with van der Waals surface area (Å²) in [6.07, 6.45) is 7.19. The number of ether oxygens (including phenoxy) is 1. The molecule has 0 spiro atoms. The Labute approximate surface area is 187 Å². The van der Waals surface area contributed by atoms with Gasteiger partial charge in [0, 0.05) is 24.2 Å². The van der Waals surface area contributed by atoms with Crippen LogP contribution in [0, 0.1) is 35.0 Å². The third-order valence-electron chi connectivity index (χ3n) is 8.53. The van der Waals surface area contributed by atoms with E-state index in [-0.39, 0.29) is 54.5 Å². The molecule has 6 unspecified atom stereocenters. The number of aliphatic hydroxyl groups is 2. The number of hydrogen-bond donors (Lipinski definition) is 2. The van der Waals surface area contributed by atoms with E-state index in [1.807, 2.05) is 13.0 Å². The van der Waals surface area contributed by atoms with Crippen LogP contribution in [0.3, 0.4) is 0 Å². The van der Waals surface area contributed by atoms with Crippen LogP contribution in [0.15, 0.2) is 23.8 Å². The molecular formula is C25H32O7. The number of aldehydes is 1. The highest BCUT2D eigenvalue weighted by molar-refractivity contribution is 6.01. The van der Waals surface area contributed by atoms with Gasteiger partial charge in [0.1, 0.15) is 12.9 Å². The van der Waals surface area contributed by atoms with Crippen LogP contribution in [0.5, 0.6) is 0 Å². The Kier molecular flexibility index (Phi) is 6.01. The number of fused-ring (bicyclic) bond motifs is 5. The molecule has 8 atom stereocenters. The Morgan fingerprint density at radius 2 is 2.09 bits per heavy atom. The van der Waals surface area contributed by atoms with Crippen molar-refractivity contribution in [3.8, 4) is 0 Å². The first-order valence-electron chi connectivity index (χ1n) is 11.6. The maximum atomic E-state index is 13.0. The number of ketones is 2. The van der Waals surface area contributed by atoms with Gasteiger partial charge in [-0.25, -0.2) is 0 Å². The van der Waals surface area contributed by atoms with Gasteiger partial charge < -0.3 is 19.7 Å². The molecule has 3 saturated carbocycles. The number of Topliss-reactive ketones (excluding diaryl/α,β-unsaturated/α-hetero) is 1. The van der Waals surface area contributed by atoms with Gasteiger partial charge in [-0.2, -0.15) is 0 Å². The maximum Gasteiger partial charge on any atom is 0.306 e. The summed E-state index contributed by atoms with van der Waals surface area (Å²) in [6, 6.07) is 0. The smallest absolute Gasteiger partial charge is 0.306 e. The molecule has 32 heavy (non-hydrogen) atoms. The highest BCUT2D eigenvalue weighted by Gasteiger charge is 2.65. The molecule has 0 aromatic heterocycles. The first kappa shape index (κ1) is 23.1. The minimum atomic E-state index is -1.35. The highest BCUT2D eigenvalue weighted by Crippen LogP contribution is 2.63. The summed E-state index contributed by atoms with van der Waals surface area (Å²) in [5.41, 5.74) is -0.744. The molecule has 0 aliphatic heterocycles. The minimum Gasteiger partial charge on any atom is -0.458 e. The standard InChI is InChI=1S/C25H32O7/c1-14-10-18-17-6-5-15-11-16(27)7-8-24(15,2)23(17)19(28)12-25(18,31)22(14)20(29)13-32-21(30)4-3-9-26/h7-9,11,14,17-19,22-23,28,31H,3-6,10,12-13H2,1-2H3/t14-,17?,18+,19?,22?,23?,24?,25?/m1/s1. The monoisotopic (exact) mass is 444 g/mol. The summed E-state index contributed by atoms with van der Waals surface area (Å²) in [5.74, 6) is -2.03. The Bertz CT molecular complexity index is 889. The lowest BCUT2D eigenvalue weighted by Crippen LogP contribution is -2.60. The van der Waals surface area contributed by atoms with Gasteiger partial charge in [0.25, 0.3) is 0 Å². The highest BCUT2D eigenvalue weighted by atomic mass is 16.5. The number of aliphatic hydroxyl groups excluding tert-OH is 1. The molecule has 0 bridgehead atoms. The number of esters is 1. The molecule has 7 heteroatoms. The Morgan fingerprint density at radius 3 is 2.81 bits per heavy atom. The van der Waals surface area contributed by atoms with Crippen molar-refractivity contribution in [2.75, 3.05) is 6.61 Å². The zero-order valence-electron chi connectivity index (χ0n) is 18.7. The SMILES string of the molecule is C[C@@H]1C[C@H]2C3CCC4=CC(=O)C=CC4(C)C3C(O)CC2(O)C1C(=O)COC(=O)CCC=O. The molecule has 0 radical (unpaired) electrons. The second-order valence-electron chi connectivity index (χ2n) is 10.3.